The van der Waals surface area contributed by atoms with Crippen LogP contribution in [0.25, 0.3) is 6.08 Å². The van der Waals surface area contributed by atoms with Crippen molar-refractivity contribution in [3.05, 3.63) is 68.1 Å². The first-order valence-electron chi connectivity index (χ1n) is 8.36. The maximum Gasteiger partial charge on any atom is 0.294 e. The standard InChI is InChI=1S/C20H17IN2O3S/c1-2-13-5-9-16(10-6-13)22-18(24)12-23-19(25)17(27-20(23)26)11-14-3-7-15(21)8-4-14/h3-11H,2,12H2,1H3,(H,22,24)/b17-11-. The SMILES string of the molecule is CCc1ccc(NC(=O)CN2C(=O)S/C(=C\c3ccc(I)cc3)C2=O)cc1. The van der Waals surface area contributed by atoms with Gasteiger partial charge in [-0.3, -0.25) is 19.3 Å². The van der Waals surface area contributed by atoms with Gasteiger partial charge in [0.1, 0.15) is 6.54 Å². The Morgan fingerprint density at radius 1 is 1.11 bits per heavy atom. The van der Waals surface area contributed by atoms with Gasteiger partial charge < -0.3 is 5.32 Å². The first kappa shape index (κ1) is 19.6. The lowest BCUT2D eigenvalue weighted by molar-refractivity contribution is -0.127. The number of nitrogens with one attached hydrogen (secondary N) is 1. The van der Waals surface area contributed by atoms with Crippen LogP contribution in [-0.4, -0.2) is 28.5 Å². The van der Waals surface area contributed by atoms with Crippen molar-refractivity contribution < 1.29 is 14.4 Å². The molecule has 0 bridgehead atoms. The second kappa shape index (κ2) is 8.71. The summed E-state index contributed by atoms with van der Waals surface area (Å²) in [5, 5.41) is 2.28. The van der Waals surface area contributed by atoms with E-state index in [-0.39, 0.29) is 6.54 Å². The Kier molecular flexibility index (Phi) is 6.33. The van der Waals surface area contributed by atoms with Crippen molar-refractivity contribution in [2.45, 2.75) is 13.3 Å². The number of imide groups is 1. The fourth-order valence-electron chi connectivity index (χ4n) is 2.51. The second-order valence-corrected chi connectivity index (χ2v) is 8.16. The van der Waals surface area contributed by atoms with E-state index in [0.29, 0.717) is 10.6 Å². The van der Waals surface area contributed by atoms with Crippen molar-refractivity contribution in [2.75, 3.05) is 11.9 Å². The number of hydrogen-bond acceptors (Lipinski definition) is 4. The van der Waals surface area contributed by atoms with Crippen LogP contribution in [0.4, 0.5) is 10.5 Å². The molecule has 3 rings (SSSR count). The van der Waals surface area contributed by atoms with Crippen LogP contribution in [0.1, 0.15) is 18.1 Å². The molecule has 27 heavy (non-hydrogen) atoms. The third-order valence-corrected chi connectivity index (χ3v) is 5.62. The van der Waals surface area contributed by atoms with Crippen molar-refractivity contribution in [2.24, 2.45) is 0 Å². The first-order chi connectivity index (χ1) is 13.0. The van der Waals surface area contributed by atoms with Crippen molar-refractivity contribution in [1.82, 2.24) is 4.90 Å². The number of nitrogens with zero attached hydrogens (tertiary/aromatic N) is 1. The molecule has 1 N–H and O–H groups in total. The van der Waals surface area contributed by atoms with E-state index in [1.165, 1.54) is 5.56 Å². The fraction of sp³-hybridized carbons (Fsp3) is 0.150. The number of amides is 3. The molecule has 0 radical (unpaired) electrons. The topological polar surface area (TPSA) is 66.5 Å². The molecular formula is C20H17IN2O3S. The first-order valence-corrected chi connectivity index (χ1v) is 10.3. The lowest BCUT2D eigenvalue weighted by Gasteiger charge is -2.12. The molecule has 5 nitrogen and oxygen atoms in total. The van der Waals surface area contributed by atoms with Gasteiger partial charge in [0.05, 0.1) is 4.91 Å². The summed E-state index contributed by atoms with van der Waals surface area (Å²) in [6.45, 7) is 1.75. The summed E-state index contributed by atoms with van der Waals surface area (Å²) in [6.07, 6.45) is 2.58. The molecule has 2 aromatic carbocycles. The van der Waals surface area contributed by atoms with Gasteiger partial charge in [0, 0.05) is 9.26 Å². The largest absolute Gasteiger partial charge is 0.325 e. The molecule has 0 aromatic heterocycles. The molecule has 1 aliphatic rings. The van der Waals surface area contributed by atoms with Gasteiger partial charge in [-0.2, -0.15) is 0 Å². The monoisotopic (exact) mass is 492 g/mol. The van der Waals surface area contributed by atoms with E-state index in [9.17, 15) is 14.4 Å². The van der Waals surface area contributed by atoms with Crippen LogP contribution in [0.3, 0.4) is 0 Å². The molecule has 3 amide bonds. The molecular weight excluding hydrogens is 475 g/mol. The molecule has 0 saturated carbocycles. The van der Waals surface area contributed by atoms with E-state index in [1.54, 1.807) is 18.2 Å². The van der Waals surface area contributed by atoms with Gasteiger partial charge in [-0.05, 0) is 82.2 Å². The van der Waals surface area contributed by atoms with Gasteiger partial charge in [-0.25, -0.2) is 0 Å². The number of rotatable bonds is 5. The average Bonchev–Trinajstić information content (AvgIpc) is 2.91. The van der Waals surface area contributed by atoms with Gasteiger partial charge >= 0.3 is 0 Å². The number of carbonyl (C=O) groups is 3. The van der Waals surface area contributed by atoms with Gasteiger partial charge in [-0.1, -0.05) is 31.2 Å². The minimum atomic E-state index is -0.444. The number of thioether (sulfide) groups is 1. The summed E-state index contributed by atoms with van der Waals surface area (Å²) in [5.74, 6) is -0.850. The Morgan fingerprint density at radius 3 is 2.41 bits per heavy atom. The third kappa shape index (κ3) is 4.98. The number of carbonyl (C=O) groups excluding carboxylic acids is 3. The number of anilines is 1. The predicted octanol–water partition coefficient (Wildman–Crippen LogP) is 4.53. The lowest BCUT2D eigenvalue weighted by atomic mass is 10.1. The highest BCUT2D eigenvalue weighted by Gasteiger charge is 2.36. The van der Waals surface area contributed by atoms with Crippen molar-refractivity contribution in [3.63, 3.8) is 0 Å². The molecule has 1 heterocycles. The normalized spacial score (nSPS) is 15.5. The van der Waals surface area contributed by atoms with E-state index < -0.39 is 17.1 Å². The smallest absolute Gasteiger partial charge is 0.294 e. The van der Waals surface area contributed by atoms with Gasteiger partial charge in [0.2, 0.25) is 5.91 Å². The Balaban J connectivity index is 1.65. The van der Waals surface area contributed by atoms with E-state index in [4.69, 9.17) is 0 Å². The molecule has 0 aliphatic carbocycles. The second-order valence-electron chi connectivity index (χ2n) is 5.92. The highest BCUT2D eigenvalue weighted by Crippen LogP contribution is 2.32. The summed E-state index contributed by atoms with van der Waals surface area (Å²) < 4.78 is 1.08. The summed E-state index contributed by atoms with van der Waals surface area (Å²) in [5.41, 5.74) is 2.64. The highest BCUT2D eigenvalue weighted by atomic mass is 127. The fourth-order valence-corrected chi connectivity index (χ4v) is 3.71. The maximum atomic E-state index is 12.5. The molecule has 0 spiro atoms. The van der Waals surface area contributed by atoms with Crippen LogP contribution in [0.15, 0.2) is 53.4 Å². The summed E-state index contributed by atoms with van der Waals surface area (Å²) in [6, 6.07) is 15.1. The zero-order valence-electron chi connectivity index (χ0n) is 14.6. The van der Waals surface area contributed by atoms with Gasteiger partial charge in [0.15, 0.2) is 0 Å². The van der Waals surface area contributed by atoms with Crippen LogP contribution in [0, 0.1) is 3.57 Å². The molecule has 1 saturated heterocycles. The zero-order valence-corrected chi connectivity index (χ0v) is 17.5. The Morgan fingerprint density at radius 2 is 1.78 bits per heavy atom. The summed E-state index contributed by atoms with van der Waals surface area (Å²) >= 11 is 3.05. The summed E-state index contributed by atoms with van der Waals surface area (Å²) in [7, 11) is 0. The maximum absolute atomic E-state index is 12.5. The summed E-state index contributed by atoms with van der Waals surface area (Å²) in [4.78, 5) is 38.2. The van der Waals surface area contributed by atoms with Crippen LogP contribution in [0.5, 0.6) is 0 Å². The molecule has 1 fully saturated rings. The predicted molar refractivity (Wildman–Crippen MR) is 116 cm³/mol. The Bertz CT molecular complexity index is 908. The molecule has 0 atom stereocenters. The van der Waals surface area contributed by atoms with Crippen LogP contribution >= 0.6 is 34.4 Å². The average molecular weight is 492 g/mol. The lowest BCUT2D eigenvalue weighted by Crippen LogP contribution is -2.36. The van der Waals surface area contributed by atoms with Crippen LogP contribution in [0.2, 0.25) is 0 Å². The van der Waals surface area contributed by atoms with Gasteiger partial charge in [-0.15, -0.1) is 0 Å². The molecule has 7 heteroatoms. The van der Waals surface area contributed by atoms with Crippen LogP contribution < -0.4 is 5.32 Å². The van der Waals surface area contributed by atoms with Crippen LogP contribution in [-0.2, 0) is 16.0 Å². The number of benzene rings is 2. The van der Waals surface area contributed by atoms with Gasteiger partial charge in [0.25, 0.3) is 11.1 Å². The highest BCUT2D eigenvalue weighted by molar-refractivity contribution is 14.1. The van der Waals surface area contributed by atoms with Crippen molar-refractivity contribution in [1.29, 1.82) is 0 Å². The zero-order chi connectivity index (χ0) is 19.4. The molecule has 0 unspecified atom stereocenters. The van der Waals surface area contributed by atoms with E-state index in [2.05, 4.69) is 34.8 Å². The van der Waals surface area contributed by atoms with Crippen molar-refractivity contribution >= 4 is 63.2 Å². The van der Waals surface area contributed by atoms with Crippen molar-refractivity contribution in [3.8, 4) is 0 Å². The number of hydrogen-bond donors (Lipinski definition) is 1. The molecule has 138 valence electrons. The minimum Gasteiger partial charge on any atom is -0.325 e. The van der Waals surface area contributed by atoms with E-state index in [1.807, 2.05) is 36.4 Å². The minimum absolute atomic E-state index is 0.301. The number of aryl methyl sites for hydroxylation is 1. The number of halogens is 1. The Labute approximate surface area is 175 Å². The third-order valence-electron chi connectivity index (χ3n) is 3.99. The molecule has 1 aliphatic heterocycles. The molecule has 2 aromatic rings. The quantitative estimate of drug-likeness (QED) is 0.492. The van der Waals surface area contributed by atoms with E-state index >= 15 is 0 Å². The Hall–Kier alpha value is -2.13. The van der Waals surface area contributed by atoms with E-state index in [0.717, 1.165) is 32.2 Å².